The molecule has 7 heteroatoms. The minimum absolute atomic E-state index is 0.217. The molecule has 2 N–H and O–H groups in total. The Balaban J connectivity index is 1.71. The number of ether oxygens (including phenoxy) is 2. The van der Waals surface area contributed by atoms with E-state index in [2.05, 4.69) is 40.4 Å². The van der Waals surface area contributed by atoms with E-state index >= 15 is 0 Å². The molecule has 1 amide bonds. The van der Waals surface area contributed by atoms with Gasteiger partial charge in [0, 0.05) is 30.9 Å². The molecular weight excluding hydrogens is 392 g/mol. The summed E-state index contributed by atoms with van der Waals surface area (Å²) in [6.07, 6.45) is 0. The molecule has 1 fully saturated rings. The smallest absolute Gasteiger partial charge is 0.257 e. The van der Waals surface area contributed by atoms with Crippen LogP contribution in [-0.2, 0) is 4.74 Å². The molecule has 1 aliphatic heterocycles. The summed E-state index contributed by atoms with van der Waals surface area (Å²) in [5.74, 6) is 0.971. The van der Waals surface area contributed by atoms with Crippen molar-refractivity contribution in [2.24, 2.45) is 4.99 Å². The Morgan fingerprint density at radius 1 is 1.13 bits per heavy atom. The molecule has 0 saturated carbocycles. The van der Waals surface area contributed by atoms with E-state index in [0.717, 1.165) is 49.8 Å². The number of aryl methyl sites for hydroxylation is 1. The van der Waals surface area contributed by atoms with Crippen molar-refractivity contribution in [2.45, 2.75) is 20.8 Å². The maximum atomic E-state index is 12.8. The average Bonchev–Trinajstić information content (AvgIpc) is 2.78. The summed E-state index contributed by atoms with van der Waals surface area (Å²) in [5, 5.41) is 6.24. The van der Waals surface area contributed by atoms with Crippen molar-refractivity contribution in [1.82, 2.24) is 10.2 Å². The predicted octanol–water partition coefficient (Wildman–Crippen LogP) is 3.23. The number of carbonyl (C=O) groups is 1. The van der Waals surface area contributed by atoms with E-state index < -0.39 is 0 Å². The van der Waals surface area contributed by atoms with Crippen molar-refractivity contribution < 1.29 is 14.3 Å². The summed E-state index contributed by atoms with van der Waals surface area (Å²) in [6.45, 7) is 11.4. The van der Waals surface area contributed by atoms with Gasteiger partial charge in [-0.25, -0.2) is 0 Å². The molecular formula is C24H32N4O3. The van der Waals surface area contributed by atoms with E-state index in [1.165, 1.54) is 5.56 Å². The molecule has 0 radical (unpaired) electrons. The number of morpholine rings is 1. The highest BCUT2D eigenvalue weighted by Gasteiger charge is 2.13. The maximum absolute atomic E-state index is 12.8. The molecule has 1 saturated heterocycles. The molecule has 0 aromatic heterocycles. The summed E-state index contributed by atoms with van der Waals surface area (Å²) in [6, 6.07) is 13.1. The highest BCUT2D eigenvalue weighted by molar-refractivity contribution is 6.10. The van der Waals surface area contributed by atoms with Gasteiger partial charge in [-0.05, 0) is 62.2 Å². The van der Waals surface area contributed by atoms with Crippen LogP contribution >= 0.6 is 0 Å². The molecule has 0 spiro atoms. The van der Waals surface area contributed by atoms with Crippen LogP contribution in [-0.4, -0.2) is 62.8 Å². The summed E-state index contributed by atoms with van der Waals surface area (Å²) in [7, 11) is 0. The van der Waals surface area contributed by atoms with E-state index in [9.17, 15) is 4.79 Å². The van der Waals surface area contributed by atoms with Crippen LogP contribution in [0.15, 0.2) is 47.5 Å². The van der Waals surface area contributed by atoms with E-state index in [-0.39, 0.29) is 5.91 Å². The maximum Gasteiger partial charge on any atom is 0.257 e. The highest BCUT2D eigenvalue weighted by atomic mass is 16.5. The summed E-state index contributed by atoms with van der Waals surface area (Å²) < 4.78 is 10.9. The van der Waals surface area contributed by atoms with E-state index in [1.54, 1.807) is 24.3 Å². The first-order valence-corrected chi connectivity index (χ1v) is 10.8. The Bertz CT molecular complexity index is 890. The quantitative estimate of drug-likeness (QED) is 0.527. The first kappa shape index (κ1) is 22.8. The van der Waals surface area contributed by atoms with Crippen molar-refractivity contribution in [3.63, 3.8) is 0 Å². The third kappa shape index (κ3) is 6.80. The number of hydrogen-bond acceptors (Lipinski definition) is 5. The molecule has 2 aromatic carbocycles. The molecule has 3 rings (SSSR count). The second kappa shape index (κ2) is 11.5. The van der Waals surface area contributed by atoms with Crippen LogP contribution in [0, 0.1) is 13.8 Å². The number of guanidine groups is 1. The van der Waals surface area contributed by atoms with Gasteiger partial charge < -0.3 is 14.8 Å². The normalized spacial score (nSPS) is 14.9. The molecule has 31 heavy (non-hydrogen) atoms. The van der Waals surface area contributed by atoms with Crippen molar-refractivity contribution in [2.75, 3.05) is 51.3 Å². The SMILES string of the molecule is CCOc1ccc(C(=O)NC(=NCCN2CCOCC2)Nc2cccc(C)c2C)cc1. The Labute approximate surface area is 184 Å². The Morgan fingerprint density at radius 2 is 1.87 bits per heavy atom. The molecule has 1 aliphatic rings. The number of carbonyl (C=O) groups excluding carboxylic acids is 1. The second-order valence-electron chi connectivity index (χ2n) is 7.47. The fraction of sp³-hybridized carbons (Fsp3) is 0.417. The molecule has 2 aromatic rings. The number of benzene rings is 2. The van der Waals surface area contributed by atoms with Gasteiger partial charge in [0.05, 0.1) is 26.4 Å². The Morgan fingerprint density at radius 3 is 2.58 bits per heavy atom. The minimum Gasteiger partial charge on any atom is -0.494 e. The van der Waals surface area contributed by atoms with Gasteiger partial charge in [0.1, 0.15) is 5.75 Å². The van der Waals surface area contributed by atoms with Gasteiger partial charge in [-0.2, -0.15) is 0 Å². The molecule has 7 nitrogen and oxygen atoms in total. The zero-order chi connectivity index (χ0) is 22.1. The van der Waals surface area contributed by atoms with Gasteiger partial charge in [0.25, 0.3) is 5.91 Å². The van der Waals surface area contributed by atoms with Crippen molar-refractivity contribution in [3.05, 3.63) is 59.2 Å². The number of rotatable bonds is 7. The fourth-order valence-corrected chi connectivity index (χ4v) is 3.30. The van der Waals surface area contributed by atoms with Crippen molar-refractivity contribution in [1.29, 1.82) is 0 Å². The average molecular weight is 425 g/mol. The Hall–Kier alpha value is -2.90. The van der Waals surface area contributed by atoms with Crippen molar-refractivity contribution in [3.8, 4) is 5.75 Å². The molecule has 0 unspecified atom stereocenters. The lowest BCUT2D eigenvalue weighted by Gasteiger charge is -2.25. The van der Waals surface area contributed by atoms with Gasteiger partial charge in [0.15, 0.2) is 0 Å². The molecule has 1 heterocycles. The first-order valence-electron chi connectivity index (χ1n) is 10.8. The van der Waals surface area contributed by atoms with E-state index in [0.29, 0.717) is 24.7 Å². The Kier molecular flexibility index (Phi) is 8.44. The summed E-state index contributed by atoms with van der Waals surface area (Å²) in [4.78, 5) is 19.8. The lowest BCUT2D eigenvalue weighted by molar-refractivity contribution is 0.0394. The fourth-order valence-electron chi connectivity index (χ4n) is 3.30. The largest absolute Gasteiger partial charge is 0.494 e. The third-order valence-corrected chi connectivity index (χ3v) is 5.31. The minimum atomic E-state index is -0.217. The van der Waals surface area contributed by atoms with Gasteiger partial charge in [-0.15, -0.1) is 0 Å². The lowest BCUT2D eigenvalue weighted by Crippen LogP contribution is -2.39. The zero-order valence-corrected chi connectivity index (χ0v) is 18.6. The van der Waals surface area contributed by atoms with Crippen LogP contribution in [0.5, 0.6) is 5.75 Å². The topological polar surface area (TPSA) is 75.2 Å². The van der Waals surface area contributed by atoms with E-state index in [1.807, 2.05) is 19.1 Å². The molecule has 0 bridgehead atoms. The number of hydrogen-bond donors (Lipinski definition) is 2. The second-order valence-corrected chi connectivity index (χ2v) is 7.47. The first-order chi connectivity index (χ1) is 15.1. The van der Waals surface area contributed by atoms with Gasteiger partial charge in [-0.1, -0.05) is 12.1 Å². The van der Waals surface area contributed by atoms with Gasteiger partial charge in [-0.3, -0.25) is 20.0 Å². The molecule has 0 aliphatic carbocycles. The van der Waals surface area contributed by atoms with E-state index in [4.69, 9.17) is 9.47 Å². The monoisotopic (exact) mass is 424 g/mol. The number of amides is 1. The molecule has 166 valence electrons. The standard InChI is InChI=1S/C24H32N4O3/c1-4-31-21-10-8-20(9-11-21)23(29)27-24(25-12-13-28-14-16-30-17-15-28)26-22-7-5-6-18(2)19(22)3/h5-11H,4,12-17H2,1-3H3,(H2,25,26,27,29). The summed E-state index contributed by atoms with van der Waals surface area (Å²) in [5.41, 5.74) is 3.78. The van der Waals surface area contributed by atoms with Crippen LogP contribution < -0.4 is 15.4 Å². The van der Waals surface area contributed by atoms with Crippen molar-refractivity contribution >= 4 is 17.6 Å². The van der Waals surface area contributed by atoms with Crippen LogP contribution in [0.25, 0.3) is 0 Å². The number of aliphatic imine (C=N–C) groups is 1. The lowest BCUT2D eigenvalue weighted by atomic mass is 10.1. The van der Waals surface area contributed by atoms with Gasteiger partial charge in [0.2, 0.25) is 5.96 Å². The van der Waals surface area contributed by atoms with Crippen LogP contribution in [0.1, 0.15) is 28.4 Å². The number of nitrogens with one attached hydrogen (secondary N) is 2. The van der Waals surface area contributed by atoms with Gasteiger partial charge >= 0.3 is 0 Å². The highest BCUT2D eigenvalue weighted by Crippen LogP contribution is 2.18. The summed E-state index contributed by atoms with van der Waals surface area (Å²) >= 11 is 0. The number of anilines is 1. The van der Waals surface area contributed by atoms with Crippen LogP contribution in [0.3, 0.4) is 0 Å². The van der Waals surface area contributed by atoms with Crippen LogP contribution in [0.4, 0.5) is 5.69 Å². The predicted molar refractivity (Wildman–Crippen MR) is 124 cm³/mol. The molecule has 0 atom stereocenters. The number of nitrogens with zero attached hydrogens (tertiary/aromatic N) is 2. The third-order valence-electron chi connectivity index (χ3n) is 5.31. The zero-order valence-electron chi connectivity index (χ0n) is 18.6. The van der Waals surface area contributed by atoms with Crippen LogP contribution in [0.2, 0.25) is 0 Å².